The maximum atomic E-state index is 12.5. The number of pyridine rings is 1. The lowest BCUT2D eigenvalue weighted by atomic mass is 10.2. The van der Waals surface area contributed by atoms with Gasteiger partial charge < -0.3 is 15.7 Å². The number of aliphatic hydroxyl groups is 1. The van der Waals surface area contributed by atoms with Crippen LogP contribution in [-0.4, -0.2) is 40.8 Å². The van der Waals surface area contributed by atoms with Gasteiger partial charge in [0, 0.05) is 19.6 Å². The maximum Gasteiger partial charge on any atom is 0.433 e. The molecule has 0 saturated heterocycles. The van der Waals surface area contributed by atoms with Crippen LogP contribution in [0.3, 0.4) is 0 Å². The molecule has 0 spiro atoms. The molecule has 0 aromatic carbocycles. The first-order chi connectivity index (χ1) is 9.71. The van der Waals surface area contributed by atoms with Crippen LogP contribution in [0.15, 0.2) is 12.3 Å². The quantitative estimate of drug-likeness (QED) is 0.400. The number of nitrogens with one attached hydrogen (secondary N) is 2. The SMILES string of the molecule is CC(O)CNCCNc1cc(C(F)(F)F)ncc1[N+](=O)[O-]. The van der Waals surface area contributed by atoms with Gasteiger partial charge in [-0.15, -0.1) is 0 Å². The maximum absolute atomic E-state index is 12.5. The van der Waals surface area contributed by atoms with E-state index in [4.69, 9.17) is 5.11 Å². The zero-order valence-corrected chi connectivity index (χ0v) is 11.1. The number of rotatable bonds is 7. The standard InChI is InChI=1S/C11H15F3N4O3/c1-7(19)5-15-2-3-16-8-4-10(11(12,13)14)17-6-9(8)18(20)21/h4,6-7,15,19H,2-3,5H2,1H3,(H,16,17). The first kappa shape index (κ1) is 17.1. The van der Waals surface area contributed by atoms with E-state index in [2.05, 4.69) is 15.6 Å². The van der Waals surface area contributed by atoms with Crippen LogP contribution in [0.25, 0.3) is 0 Å². The molecule has 0 saturated carbocycles. The lowest BCUT2D eigenvalue weighted by Crippen LogP contribution is -2.29. The summed E-state index contributed by atoms with van der Waals surface area (Å²) in [5.74, 6) is 0. The summed E-state index contributed by atoms with van der Waals surface area (Å²) in [7, 11) is 0. The highest BCUT2D eigenvalue weighted by Gasteiger charge is 2.34. The molecule has 1 rings (SSSR count). The van der Waals surface area contributed by atoms with Crippen LogP contribution in [0, 0.1) is 10.1 Å². The molecular formula is C11H15F3N4O3. The van der Waals surface area contributed by atoms with Gasteiger partial charge in [0.05, 0.1) is 11.0 Å². The second kappa shape index (κ2) is 7.18. The normalized spacial score (nSPS) is 13.0. The smallest absolute Gasteiger partial charge is 0.392 e. The topological polar surface area (TPSA) is 100 Å². The summed E-state index contributed by atoms with van der Waals surface area (Å²) >= 11 is 0. The molecule has 1 atom stereocenters. The van der Waals surface area contributed by atoms with E-state index >= 15 is 0 Å². The Morgan fingerprint density at radius 3 is 2.67 bits per heavy atom. The number of anilines is 1. The Morgan fingerprint density at radius 1 is 1.48 bits per heavy atom. The van der Waals surface area contributed by atoms with E-state index in [1.54, 1.807) is 6.92 Å². The predicted molar refractivity (Wildman–Crippen MR) is 68.9 cm³/mol. The molecule has 0 aliphatic carbocycles. The van der Waals surface area contributed by atoms with Gasteiger partial charge in [-0.25, -0.2) is 4.98 Å². The van der Waals surface area contributed by atoms with Crippen molar-refractivity contribution in [3.8, 4) is 0 Å². The van der Waals surface area contributed by atoms with Crippen LogP contribution in [0.1, 0.15) is 12.6 Å². The molecule has 1 unspecified atom stereocenters. The van der Waals surface area contributed by atoms with Crippen LogP contribution < -0.4 is 10.6 Å². The average Bonchev–Trinajstić information content (AvgIpc) is 2.36. The molecule has 0 amide bonds. The molecule has 0 fully saturated rings. The highest BCUT2D eigenvalue weighted by molar-refractivity contribution is 5.61. The molecule has 1 heterocycles. The monoisotopic (exact) mass is 308 g/mol. The van der Waals surface area contributed by atoms with E-state index in [1.807, 2.05) is 0 Å². The molecule has 0 bridgehead atoms. The van der Waals surface area contributed by atoms with Crippen molar-refractivity contribution in [3.05, 3.63) is 28.1 Å². The predicted octanol–water partition coefficient (Wildman–Crippen LogP) is 1.39. The van der Waals surface area contributed by atoms with E-state index in [0.717, 1.165) is 0 Å². The molecule has 7 nitrogen and oxygen atoms in total. The fourth-order valence-electron chi connectivity index (χ4n) is 1.49. The Labute approximate surface area is 118 Å². The number of halogens is 3. The van der Waals surface area contributed by atoms with E-state index in [0.29, 0.717) is 25.4 Å². The van der Waals surface area contributed by atoms with E-state index < -0.39 is 28.6 Å². The van der Waals surface area contributed by atoms with E-state index in [-0.39, 0.29) is 12.2 Å². The summed E-state index contributed by atoms with van der Waals surface area (Å²) in [5.41, 5.74) is -1.98. The van der Waals surface area contributed by atoms with Crippen LogP contribution in [0.4, 0.5) is 24.5 Å². The summed E-state index contributed by atoms with van der Waals surface area (Å²) in [5, 5.41) is 25.1. The Bertz CT molecular complexity index is 494. The average molecular weight is 308 g/mol. The molecule has 1 aromatic heterocycles. The summed E-state index contributed by atoms with van der Waals surface area (Å²) in [6.45, 7) is 2.37. The number of aromatic nitrogens is 1. The third-order valence-electron chi connectivity index (χ3n) is 2.43. The van der Waals surface area contributed by atoms with Gasteiger partial charge in [0.15, 0.2) is 0 Å². The van der Waals surface area contributed by atoms with Crippen molar-refractivity contribution in [3.63, 3.8) is 0 Å². The number of nitro groups is 1. The molecule has 0 radical (unpaired) electrons. The number of hydrogen-bond acceptors (Lipinski definition) is 6. The molecule has 0 aliphatic heterocycles. The fraction of sp³-hybridized carbons (Fsp3) is 0.545. The lowest BCUT2D eigenvalue weighted by molar-refractivity contribution is -0.384. The Kier molecular flexibility index (Phi) is 5.85. The van der Waals surface area contributed by atoms with Crippen molar-refractivity contribution < 1.29 is 23.2 Å². The van der Waals surface area contributed by atoms with Crippen LogP contribution in [0.5, 0.6) is 0 Å². The summed E-state index contributed by atoms with van der Waals surface area (Å²) in [6, 6.07) is 0.604. The first-order valence-electron chi connectivity index (χ1n) is 6.06. The van der Waals surface area contributed by atoms with Crippen LogP contribution >= 0.6 is 0 Å². The summed E-state index contributed by atoms with van der Waals surface area (Å²) in [6.07, 6.45) is -4.65. The van der Waals surface area contributed by atoms with Gasteiger partial charge in [0.2, 0.25) is 0 Å². The molecule has 21 heavy (non-hydrogen) atoms. The molecule has 118 valence electrons. The third-order valence-corrected chi connectivity index (χ3v) is 2.43. The second-order valence-electron chi connectivity index (χ2n) is 4.32. The van der Waals surface area contributed by atoms with Crippen LogP contribution in [0.2, 0.25) is 0 Å². The van der Waals surface area contributed by atoms with E-state index in [1.165, 1.54) is 0 Å². The molecule has 3 N–H and O–H groups in total. The molecule has 0 aliphatic rings. The van der Waals surface area contributed by atoms with Crippen LogP contribution in [-0.2, 0) is 6.18 Å². The Balaban J connectivity index is 2.75. The minimum atomic E-state index is -4.67. The zero-order chi connectivity index (χ0) is 16.0. The van der Waals surface area contributed by atoms with Gasteiger partial charge >= 0.3 is 11.9 Å². The first-order valence-corrected chi connectivity index (χ1v) is 6.06. The molecule has 10 heteroatoms. The second-order valence-corrected chi connectivity index (χ2v) is 4.32. The largest absolute Gasteiger partial charge is 0.433 e. The highest BCUT2D eigenvalue weighted by atomic mass is 19.4. The summed E-state index contributed by atoms with van der Waals surface area (Å²) < 4.78 is 37.6. The van der Waals surface area contributed by atoms with Crippen molar-refractivity contribution in [1.82, 2.24) is 10.3 Å². The highest BCUT2D eigenvalue weighted by Crippen LogP contribution is 2.32. The van der Waals surface area contributed by atoms with E-state index in [9.17, 15) is 23.3 Å². The number of hydrogen-bond donors (Lipinski definition) is 3. The minimum Gasteiger partial charge on any atom is -0.392 e. The number of nitrogens with zero attached hydrogens (tertiary/aromatic N) is 2. The van der Waals surface area contributed by atoms with Crippen molar-refractivity contribution in [2.75, 3.05) is 25.0 Å². The van der Waals surface area contributed by atoms with Crippen molar-refractivity contribution in [2.24, 2.45) is 0 Å². The van der Waals surface area contributed by atoms with Gasteiger partial charge in [-0.1, -0.05) is 0 Å². The van der Waals surface area contributed by atoms with Gasteiger partial charge in [0.25, 0.3) is 0 Å². The number of alkyl halides is 3. The third kappa shape index (κ3) is 5.52. The number of aliphatic hydroxyl groups excluding tert-OH is 1. The molecule has 1 aromatic rings. The zero-order valence-electron chi connectivity index (χ0n) is 11.1. The Morgan fingerprint density at radius 2 is 2.14 bits per heavy atom. The lowest BCUT2D eigenvalue weighted by Gasteiger charge is -2.11. The van der Waals surface area contributed by atoms with Gasteiger partial charge in [-0.3, -0.25) is 10.1 Å². The van der Waals surface area contributed by atoms with Gasteiger partial charge in [0.1, 0.15) is 17.6 Å². The van der Waals surface area contributed by atoms with Crippen molar-refractivity contribution >= 4 is 11.4 Å². The minimum absolute atomic E-state index is 0.162. The van der Waals surface area contributed by atoms with Crippen molar-refractivity contribution in [2.45, 2.75) is 19.2 Å². The van der Waals surface area contributed by atoms with Gasteiger partial charge in [-0.2, -0.15) is 13.2 Å². The van der Waals surface area contributed by atoms with Gasteiger partial charge in [-0.05, 0) is 13.0 Å². The molecular weight excluding hydrogens is 293 g/mol. The Hall–Kier alpha value is -1.94. The van der Waals surface area contributed by atoms with Crippen molar-refractivity contribution in [1.29, 1.82) is 0 Å². The fourth-order valence-corrected chi connectivity index (χ4v) is 1.49. The summed E-state index contributed by atoms with van der Waals surface area (Å²) in [4.78, 5) is 13.0.